The zero-order chi connectivity index (χ0) is 26.7. The van der Waals surface area contributed by atoms with Crippen molar-refractivity contribution < 1.29 is 39.2 Å². The molecule has 37 heavy (non-hydrogen) atoms. The molecular weight excluding hydrogens is 482 g/mol. The highest BCUT2D eigenvalue weighted by molar-refractivity contribution is 6.54. The topological polar surface area (TPSA) is 150 Å². The summed E-state index contributed by atoms with van der Waals surface area (Å²) in [6.07, 6.45) is -5.50. The first-order valence-corrected chi connectivity index (χ1v) is 12.0. The quantitative estimate of drug-likeness (QED) is 0.371. The van der Waals surface area contributed by atoms with Gasteiger partial charge in [0.2, 0.25) is 12.2 Å². The maximum atomic E-state index is 13.4. The molecule has 198 valence electrons. The highest BCUT2D eigenvalue weighted by Gasteiger charge is 2.46. The van der Waals surface area contributed by atoms with Crippen molar-refractivity contribution in [2.24, 2.45) is 5.16 Å². The van der Waals surface area contributed by atoms with Gasteiger partial charge in [-0.15, -0.1) is 0 Å². The van der Waals surface area contributed by atoms with Crippen molar-refractivity contribution in [3.8, 4) is 5.75 Å². The van der Waals surface area contributed by atoms with Crippen molar-refractivity contribution in [1.29, 1.82) is 0 Å². The van der Waals surface area contributed by atoms with Crippen LogP contribution in [0.3, 0.4) is 0 Å². The van der Waals surface area contributed by atoms with Crippen LogP contribution in [-0.2, 0) is 19.2 Å². The molecule has 2 aliphatic heterocycles. The van der Waals surface area contributed by atoms with Crippen molar-refractivity contribution in [3.63, 3.8) is 0 Å². The van der Waals surface area contributed by atoms with E-state index in [-0.39, 0.29) is 18.9 Å². The summed E-state index contributed by atoms with van der Waals surface area (Å²) >= 11 is 0. The first-order valence-electron chi connectivity index (χ1n) is 12.0. The second-order valence-corrected chi connectivity index (χ2v) is 9.07. The van der Waals surface area contributed by atoms with E-state index in [0.717, 1.165) is 16.9 Å². The molecule has 2 heterocycles. The number of hydrogen-bond donors (Lipinski definition) is 4. The minimum absolute atomic E-state index is 0.0147. The first-order chi connectivity index (χ1) is 17.7. The van der Waals surface area contributed by atoms with Gasteiger partial charge in [0.15, 0.2) is 5.71 Å². The van der Waals surface area contributed by atoms with Crippen LogP contribution in [0, 0.1) is 13.8 Å². The molecular formula is C26H31N3O8. The number of anilines is 1. The molecule has 2 aromatic carbocycles. The summed E-state index contributed by atoms with van der Waals surface area (Å²) in [5.41, 5.74) is 3.09. The number of nitrogens with one attached hydrogen (secondary N) is 1. The number of nitrogens with zero attached hydrogens (tertiary/aromatic N) is 2. The molecule has 0 aromatic heterocycles. The van der Waals surface area contributed by atoms with Crippen molar-refractivity contribution in [1.82, 2.24) is 5.32 Å². The molecule has 2 amide bonds. The lowest BCUT2D eigenvalue weighted by molar-refractivity contribution is -0.270. The van der Waals surface area contributed by atoms with E-state index in [0.29, 0.717) is 11.3 Å². The second kappa shape index (κ2) is 11.3. The fourth-order valence-corrected chi connectivity index (χ4v) is 4.37. The summed E-state index contributed by atoms with van der Waals surface area (Å²) in [6.45, 7) is 4.96. The van der Waals surface area contributed by atoms with Crippen LogP contribution in [0.25, 0.3) is 0 Å². The lowest BCUT2D eigenvalue weighted by atomic mass is 9.97. The molecule has 2 aromatic rings. The average Bonchev–Trinajstić information content (AvgIpc) is 3.12. The number of aliphatic hydroxyl groups excluding tert-OH is 3. The number of para-hydroxylation sites is 1. The van der Waals surface area contributed by atoms with Gasteiger partial charge in [-0.05, 0) is 37.6 Å². The standard InChI is InChI=1S/C26H31N3O8/c1-14-8-9-18-17(12-14)21(25(34)29(18)10-11-35-19-7-5-4-6-15(19)2)28-37-26-22(27-16(3)31)24(33)23(32)20(13-30)36-26/h4-9,12,20,22-24,26,30,32-33H,10-11,13H2,1-3H3,(H,27,31)/b28-21-/t20-,22-,23+,24-,26-/m0/s1. The third-order valence-electron chi connectivity index (χ3n) is 6.31. The maximum Gasteiger partial charge on any atom is 0.281 e. The van der Waals surface area contributed by atoms with E-state index in [4.69, 9.17) is 14.3 Å². The van der Waals surface area contributed by atoms with Crippen molar-refractivity contribution in [3.05, 3.63) is 59.2 Å². The van der Waals surface area contributed by atoms with Gasteiger partial charge < -0.3 is 39.8 Å². The SMILES string of the molecule is CC(=O)N[C@@H]1[C@H](O/N=C2\C(=O)N(CCOc3ccccc3C)c3ccc(C)cc32)O[C@@H](CO)[C@@H](O)[C@H]1O. The van der Waals surface area contributed by atoms with Gasteiger partial charge in [0, 0.05) is 12.5 Å². The molecule has 0 unspecified atom stereocenters. The summed E-state index contributed by atoms with van der Waals surface area (Å²) in [5.74, 6) is -0.186. The number of amides is 2. The normalized spacial score (nSPS) is 26.2. The molecule has 11 nitrogen and oxygen atoms in total. The zero-order valence-electron chi connectivity index (χ0n) is 20.8. The van der Waals surface area contributed by atoms with Crippen LogP contribution in [0.5, 0.6) is 5.75 Å². The highest BCUT2D eigenvalue weighted by Crippen LogP contribution is 2.31. The summed E-state index contributed by atoms with van der Waals surface area (Å²) in [6, 6.07) is 11.9. The third-order valence-corrected chi connectivity index (χ3v) is 6.31. The monoisotopic (exact) mass is 513 g/mol. The van der Waals surface area contributed by atoms with Crippen LogP contribution < -0.4 is 15.0 Å². The van der Waals surface area contributed by atoms with E-state index in [1.54, 1.807) is 6.07 Å². The molecule has 2 aliphatic rings. The van der Waals surface area contributed by atoms with Crippen LogP contribution in [0.1, 0.15) is 23.6 Å². The van der Waals surface area contributed by atoms with Gasteiger partial charge in [-0.1, -0.05) is 35.0 Å². The number of oxime groups is 1. The number of ether oxygens (including phenoxy) is 2. The predicted molar refractivity (Wildman–Crippen MR) is 133 cm³/mol. The Labute approximate surface area is 214 Å². The van der Waals surface area contributed by atoms with Crippen molar-refractivity contribution in [2.75, 3.05) is 24.7 Å². The Morgan fingerprint density at radius 3 is 2.62 bits per heavy atom. The van der Waals surface area contributed by atoms with Crippen LogP contribution in [0.2, 0.25) is 0 Å². The van der Waals surface area contributed by atoms with Gasteiger partial charge in [0.25, 0.3) is 5.91 Å². The number of aliphatic hydroxyl groups is 3. The lowest BCUT2D eigenvalue weighted by Crippen LogP contribution is -2.64. The molecule has 4 rings (SSSR count). The van der Waals surface area contributed by atoms with Gasteiger partial charge in [-0.25, -0.2) is 0 Å². The Morgan fingerprint density at radius 1 is 1.16 bits per heavy atom. The largest absolute Gasteiger partial charge is 0.491 e. The van der Waals surface area contributed by atoms with Crippen LogP contribution in [0.4, 0.5) is 5.69 Å². The first kappa shape index (κ1) is 26.6. The van der Waals surface area contributed by atoms with E-state index in [2.05, 4.69) is 10.5 Å². The smallest absolute Gasteiger partial charge is 0.281 e. The Hall–Kier alpha value is -3.51. The Balaban J connectivity index is 1.55. The van der Waals surface area contributed by atoms with Gasteiger partial charge in [-0.3, -0.25) is 9.59 Å². The van der Waals surface area contributed by atoms with Crippen molar-refractivity contribution in [2.45, 2.75) is 51.4 Å². The molecule has 5 atom stereocenters. The fourth-order valence-electron chi connectivity index (χ4n) is 4.37. The number of aryl methyl sites for hydroxylation is 2. The average molecular weight is 514 g/mol. The van der Waals surface area contributed by atoms with Crippen LogP contribution in [-0.4, -0.2) is 83.2 Å². The van der Waals surface area contributed by atoms with Gasteiger partial charge in [0.1, 0.15) is 36.7 Å². The number of carbonyl (C=O) groups excluding carboxylic acids is 2. The molecule has 0 aliphatic carbocycles. The van der Waals surface area contributed by atoms with E-state index in [9.17, 15) is 24.9 Å². The molecule has 1 saturated heterocycles. The minimum atomic E-state index is -1.50. The van der Waals surface area contributed by atoms with E-state index >= 15 is 0 Å². The fraction of sp³-hybridized carbons (Fsp3) is 0.423. The predicted octanol–water partition coefficient (Wildman–Crippen LogP) is 0.393. The zero-order valence-corrected chi connectivity index (χ0v) is 20.8. The van der Waals surface area contributed by atoms with Gasteiger partial charge in [-0.2, -0.15) is 0 Å². The molecule has 1 fully saturated rings. The molecule has 0 spiro atoms. The number of benzene rings is 2. The lowest BCUT2D eigenvalue weighted by Gasteiger charge is -2.40. The summed E-state index contributed by atoms with van der Waals surface area (Å²) in [4.78, 5) is 32.1. The number of fused-ring (bicyclic) bond motifs is 1. The van der Waals surface area contributed by atoms with Gasteiger partial charge >= 0.3 is 0 Å². The van der Waals surface area contributed by atoms with Gasteiger partial charge in [0.05, 0.1) is 18.8 Å². The molecule has 0 bridgehead atoms. The Bertz CT molecular complexity index is 1190. The Kier molecular flexibility index (Phi) is 8.08. The maximum absolute atomic E-state index is 13.4. The number of carbonyl (C=O) groups is 2. The Morgan fingerprint density at radius 2 is 1.92 bits per heavy atom. The van der Waals surface area contributed by atoms with E-state index in [1.165, 1.54) is 11.8 Å². The van der Waals surface area contributed by atoms with E-state index in [1.807, 2.05) is 50.2 Å². The number of rotatable bonds is 8. The van der Waals surface area contributed by atoms with Crippen LogP contribution >= 0.6 is 0 Å². The van der Waals surface area contributed by atoms with Crippen LogP contribution in [0.15, 0.2) is 47.6 Å². The second-order valence-electron chi connectivity index (χ2n) is 9.07. The molecule has 11 heteroatoms. The molecule has 0 saturated carbocycles. The molecule has 4 N–H and O–H groups in total. The van der Waals surface area contributed by atoms with Crippen molar-refractivity contribution >= 4 is 23.2 Å². The summed E-state index contributed by atoms with van der Waals surface area (Å²) < 4.78 is 11.4. The molecule has 0 radical (unpaired) electrons. The highest BCUT2D eigenvalue weighted by atomic mass is 16.8. The third kappa shape index (κ3) is 5.59. The minimum Gasteiger partial charge on any atom is -0.491 e. The number of hydrogen-bond acceptors (Lipinski definition) is 9. The van der Waals surface area contributed by atoms with E-state index < -0.39 is 49.1 Å². The summed E-state index contributed by atoms with van der Waals surface area (Å²) in [5, 5.41) is 36.7. The summed E-state index contributed by atoms with van der Waals surface area (Å²) in [7, 11) is 0.